The number of aliphatic hydroxyl groups excluding tert-OH is 1. The fourth-order valence-corrected chi connectivity index (χ4v) is 2.37. The molecule has 2 aliphatic rings. The van der Waals surface area contributed by atoms with E-state index < -0.39 is 6.17 Å². The van der Waals surface area contributed by atoms with Gasteiger partial charge in [-0.3, -0.25) is 0 Å². The van der Waals surface area contributed by atoms with Crippen LogP contribution in [0.1, 0.15) is 32.6 Å². The van der Waals surface area contributed by atoms with Gasteiger partial charge in [-0.15, -0.1) is 0 Å². The third-order valence-corrected chi connectivity index (χ3v) is 3.83. The molecule has 2 fully saturated rings. The summed E-state index contributed by atoms with van der Waals surface area (Å²) in [6.07, 6.45) is 2.84. The first kappa shape index (κ1) is 10.4. The van der Waals surface area contributed by atoms with Crippen LogP contribution in [-0.4, -0.2) is 41.9 Å². The molecule has 0 bridgehead atoms. The van der Waals surface area contributed by atoms with Crippen molar-refractivity contribution in [3.63, 3.8) is 0 Å². The van der Waals surface area contributed by atoms with Crippen LogP contribution in [0.15, 0.2) is 0 Å². The molecule has 0 radical (unpaired) electrons. The van der Waals surface area contributed by atoms with Gasteiger partial charge in [0.25, 0.3) is 0 Å². The Morgan fingerprint density at radius 3 is 2.43 bits per heavy atom. The second kappa shape index (κ2) is 3.78. The summed E-state index contributed by atoms with van der Waals surface area (Å²) in [5.41, 5.74) is 0.156. The van der Waals surface area contributed by atoms with Crippen LogP contribution in [0.5, 0.6) is 0 Å². The number of aliphatic hydroxyl groups is 1. The third-order valence-electron chi connectivity index (χ3n) is 3.83. The summed E-state index contributed by atoms with van der Waals surface area (Å²) in [7, 11) is 0. The van der Waals surface area contributed by atoms with Crippen molar-refractivity contribution in [1.29, 1.82) is 0 Å². The number of alkyl halides is 1. The van der Waals surface area contributed by atoms with Gasteiger partial charge in [-0.1, -0.05) is 0 Å². The van der Waals surface area contributed by atoms with Gasteiger partial charge in [0.2, 0.25) is 0 Å². The lowest BCUT2D eigenvalue weighted by molar-refractivity contribution is 0.0596. The van der Waals surface area contributed by atoms with E-state index in [1.54, 1.807) is 0 Å². The quantitative estimate of drug-likeness (QED) is 0.749. The van der Waals surface area contributed by atoms with Gasteiger partial charge >= 0.3 is 0 Å². The van der Waals surface area contributed by atoms with Gasteiger partial charge in [0.05, 0.1) is 6.10 Å². The van der Waals surface area contributed by atoms with Gasteiger partial charge in [-0.2, -0.15) is 0 Å². The van der Waals surface area contributed by atoms with Gasteiger partial charge in [0.15, 0.2) is 0 Å². The van der Waals surface area contributed by atoms with Gasteiger partial charge < -0.3 is 10.0 Å². The molecule has 82 valence electrons. The summed E-state index contributed by atoms with van der Waals surface area (Å²) in [4.78, 5) is 2.32. The lowest BCUT2D eigenvalue weighted by Gasteiger charge is -2.33. The Morgan fingerprint density at radius 2 is 2.00 bits per heavy atom. The van der Waals surface area contributed by atoms with Gasteiger partial charge in [0, 0.05) is 25.0 Å². The zero-order valence-electron chi connectivity index (χ0n) is 8.88. The molecule has 0 aromatic heterocycles. The third kappa shape index (κ3) is 2.09. The zero-order chi connectivity index (χ0) is 10.2. The van der Waals surface area contributed by atoms with E-state index in [9.17, 15) is 9.50 Å². The lowest BCUT2D eigenvalue weighted by Crippen LogP contribution is -2.41. The first-order valence-electron chi connectivity index (χ1n) is 5.67. The second-order valence-electron chi connectivity index (χ2n) is 4.99. The summed E-state index contributed by atoms with van der Waals surface area (Å²) in [5, 5.41) is 9.62. The summed E-state index contributed by atoms with van der Waals surface area (Å²) >= 11 is 0. The van der Waals surface area contributed by atoms with Crippen LogP contribution in [0, 0.1) is 5.41 Å². The molecule has 1 heterocycles. The molecule has 1 N–H and O–H groups in total. The molecule has 3 heteroatoms. The van der Waals surface area contributed by atoms with E-state index in [2.05, 4.69) is 4.90 Å². The minimum absolute atomic E-state index is 0.156. The van der Waals surface area contributed by atoms with E-state index in [4.69, 9.17) is 0 Å². The van der Waals surface area contributed by atoms with Crippen molar-refractivity contribution in [2.75, 3.05) is 19.6 Å². The molecule has 0 amide bonds. The molecule has 0 aromatic carbocycles. The highest BCUT2D eigenvalue weighted by molar-refractivity contribution is 4.99. The minimum atomic E-state index is -0.590. The Morgan fingerprint density at radius 1 is 1.43 bits per heavy atom. The predicted molar refractivity (Wildman–Crippen MR) is 53.9 cm³/mol. The predicted octanol–water partition coefficient (Wildman–Crippen LogP) is 1.58. The van der Waals surface area contributed by atoms with Crippen LogP contribution >= 0.6 is 0 Å². The fraction of sp³-hybridized carbons (Fsp3) is 1.00. The topological polar surface area (TPSA) is 23.5 Å². The van der Waals surface area contributed by atoms with Gasteiger partial charge in [0.1, 0.15) is 6.17 Å². The molecular weight excluding hydrogens is 181 g/mol. The van der Waals surface area contributed by atoms with Crippen molar-refractivity contribution < 1.29 is 9.50 Å². The summed E-state index contributed by atoms with van der Waals surface area (Å²) in [6.45, 7) is 4.59. The average Bonchev–Trinajstić information content (AvgIpc) is 2.90. The van der Waals surface area contributed by atoms with Crippen molar-refractivity contribution in [3.05, 3.63) is 0 Å². The van der Waals surface area contributed by atoms with E-state index in [1.807, 2.05) is 6.92 Å². The van der Waals surface area contributed by atoms with Crippen molar-refractivity contribution in [1.82, 2.24) is 4.90 Å². The van der Waals surface area contributed by atoms with E-state index in [0.29, 0.717) is 12.8 Å². The van der Waals surface area contributed by atoms with Crippen LogP contribution in [-0.2, 0) is 0 Å². The van der Waals surface area contributed by atoms with E-state index >= 15 is 0 Å². The highest BCUT2D eigenvalue weighted by atomic mass is 19.1. The molecule has 1 aliphatic carbocycles. The SMILES string of the molecule is C[C@H](O)C1(CN2CCC(F)CC2)CC1. The highest BCUT2D eigenvalue weighted by Crippen LogP contribution is 2.49. The number of halogens is 1. The van der Waals surface area contributed by atoms with E-state index in [-0.39, 0.29) is 11.5 Å². The molecule has 0 spiro atoms. The first-order valence-corrected chi connectivity index (χ1v) is 5.67. The van der Waals surface area contributed by atoms with Crippen molar-refractivity contribution in [2.45, 2.75) is 44.9 Å². The largest absolute Gasteiger partial charge is 0.393 e. The first-order chi connectivity index (χ1) is 6.62. The Kier molecular flexibility index (Phi) is 2.80. The number of likely N-dealkylation sites (tertiary alicyclic amines) is 1. The number of rotatable bonds is 3. The molecular formula is C11H20FNO. The maximum absolute atomic E-state index is 12.9. The van der Waals surface area contributed by atoms with Crippen molar-refractivity contribution in [2.24, 2.45) is 5.41 Å². The van der Waals surface area contributed by atoms with E-state index in [1.165, 1.54) is 0 Å². The van der Waals surface area contributed by atoms with Crippen LogP contribution in [0.25, 0.3) is 0 Å². The summed E-state index contributed by atoms with van der Waals surface area (Å²) in [6, 6.07) is 0. The average molecular weight is 201 g/mol. The molecule has 1 saturated heterocycles. The molecule has 0 aromatic rings. The van der Waals surface area contributed by atoms with Gasteiger partial charge in [-0.25, -0.2) is 4.39 Å². The number of hydrogen-bond donors (Lipinski definition) is 1. The summed E-state index contributed by atoms with van der Waals surface area (Å²) < 4.78 is 12.9. The van der Waals surface area contributed by atoms with E-state index in [0.717, 1.165) is 32.5 Å². The molecule has 1 aliphatic heterocycles. The van der Waals surface area contributed by atoms with Crippen molar-refractivity contribution in [3.8, 4) is 0 Å². The summed E-state index contributed by atoms with van der Waals surface area (Å²) in [5.74, 6) is 0. The maximum Gasteiger partial charge on any atom is 0.103 e. The number of piperidine rings is 1. The molecule has 14 heavy (non-hydrogen) atoms. The zero-order valence-corrected chi connectivity index (χ0v) is 8.88. The smallest absolute Gasteiger partial charge is 0.103 e. The van der Waals surface area contributed by atoms with Crippen LogP contribution in [0.4, 0.5) is 4.39 Å². The molecule has 2 nitrogen and oxygen atoms in total. The highest BCUT2D eigenvalue weighted by Gasteiger charge is 2.48. The number of hydrogen-bond acceptors (Lipinski definition) is 2. The Hall–Kier alpha value is -0.150. The standard InChI is InChI=1S/C11H20FNO/c1-9(14)11(4-5-11)8-13-6-2-10(12)3-7-13/h9-10,14H,2-8H2,1H3/t9-/m0/s1. The monoisotopic (exact) mass is 201 g/mol. The Balaban J connectivity index is 1.81. The maximum atomic E-state index is 12.9. The molecule has 0 unspecified atom stereocenters. The Bertz CT molecular complexity index is 195. The van der Waals surface area contributed by atoms with Crippen LogP contribution < -0.4 is 0 Å². The Labute approximate surface area is 85.1 Å². The van der Waals surface area contributed by atoms with Crippen molar-refractivity contribution >= 4 is 0 Å². The molecule has 2 rings (SSSR count). The number of nitrogens with zero attached hydrogens (tertiary/aromatic N) is 1. The minimum Gasteiger partial charge on any atom is -0.393 e. The van der Waals surface area contributed by atoms with Crippen LogP contribution in [0.3, 0.4) is 0 Å². The van der Waals surface area contributed by atoms with Gasteiger partial charge in [-0.05, 0) is 32.6 Å². The fourth-order valence-electron chi connectivity index (χ4n) is 2.37. The molecule has 1 saturated carbocycles. The normalized spacial score (nSPS) is 30.2. The molecule has 1 atom stereocenters. The second-order valence-corrected chi connectivity index (χ2v) is 4.99. The van der Waals surface area contributed by atoms with Crippen LogP contribution in [0.2, 0.25) is 0 Å². The lowest BCUT2D eigenvalue weighted by atomic mass is 9.98.